The molecule has 0 radical (unpaired) electrons. The molecule has 4 N–H and O–H groups in total. The topological polar surface area (TPSA) is 99.4 Å². The summed E-state index contributed by atoms with van der Waals surface area (Å²) in [4.78, 5) is 0. The molecule has 2 aromatic rings. The first-order valence-corrected chi connectivity index (χ1v) is 8.67. The molecule has 1 aliphatic heterocycles. The summed E-state index contributed by atoms with van der Waals surface area (Å²) < 4.78 is 11.1. The van der Waals surface area contributed by atoms with Gasteiger partial charge in [-0.2, -0.15) is 0 Å². The molecular formula is C19H21ClO6. The zero-order valence-electron chi connectivity index (χ0n) is 13.9. The highest BCUT2D eigenvalue weighted by atomic mass is 35.5. The Bertz CT molecular complexity index is 725. The Hall–Kier alpha value is -1.67. The fraction of sp³-hybridized carbons (Fsp3) is 0.368. The molecule has 1 aliphatic rings. The van der Waals surface area contributed by atoms with Crippen molar-refractivity contribution in [3.8, 4) is 16.9 Å². The van der Waals surface area contributed by atoms with E-state index in [-0.39, 0.29) is 6.61 Å². The van der Waals surface area contributed by atoms with E-state index in [0.717, 1.165) is 11.1 Å². The summed E-state index contributed by atoms with van der Waals surface area (Å²) in [6.45, 7) is -0.596. The Morgan fingerprint density at radius 1 is 0.962 bits per heavy atom. The number of aliphatic hydroxyl groups excluding tert-OH is 4. The summed E-state index contributed by atoms with van der Waals surface area (Å²) in [7, 11) is 0. The third kappa shape index (κ3) is 4.01. The van der Waals surface area contributed by atoms with E-state index in [9.17, 15) is 20.4 Å². The second kappa shape index (κ2) is 8.35. The Morgan fingerprint density at radius 2 is 1.69 bits per heavy atom. The molecule has 0 spiro atoms. The van der Waals surface area contributed by atoms with E-state index in [1.807, 2.05) is 36.4 Å². The van der Waals surface area contributed by atoms with Crippen LogP contribution in [0.3, 0.4) is 0 Å². The number of benzene rings is 2. The van der Waals surface area contributed by atoms with Gasteiger partial charge in [0.2, 0.25) is 0 Å². The summed E-state index contributed by atoms with van der Waals surface area (Å²) in [5.74, 6) is 0.322. The number of halogens is 1. The van der Waals surface area contributed by atoms with Crippen molar-refractivity contribution in [2.75, 3.05) is 13.2 Å². The molecule has 0 aromatic heterocycles. The molecule has 1 saturated heterocycles. The molecule has 1 fully saturated rings. The molecule has 3 rings (SSSR count). The maximum atomic E-state index is 10.2. The van der Waals surface area contributed by atoms with Crippen LogP contribution in [-0.4, -0.2) is 64.2 Å². The van der Waals surface area contributed by atoms with E-state index < -0.39 is 37.1 Å². The summed E-state index contributed by atoms with van der Waals surface area (Å²) >= 11 is 6.31. The van der Waals surface area contributed by atoms with Crippen LogP contribution in [0.25, 0.3) is 11.1 Å². The van der Waals surface area contributed by atoms with E-state index in [0.29, 0.717) is 10.8 Å². The monoisotopic (exact) mass is 380 g/mol. The molecule has 2 aromatic carbocycles. The molecule has 0 saturated carbocycles. The zero-order chi connectivity index (χ0) is 18.7. The Balaban J connectivity index is 1.78. The maximum Gasteiger partial charge on any atom is 0.150 e. The molecule has 6 nitrogen and oxygen atoms in total. The van der Waals surface area contributed by atoms with E-state index in [4.69, 9.17) is 21.1 Å². The molecule has 1 heterocycles. The van der Waals surface area contributed by atoms with Crippen LogP contribution in [-0.2, 0) is 4.74 Å². The van der Waals surface area contributed by atoms with Gasteiger partial charge in [-0.25, -0.2) is 0 Å². The van der Waals surface area contributed by atoms with Crippen LogP contribution in [0.15, 0.2) is 48.5 Å². The normalized spacial score (nSPS) is 29.2. The maximum absolute atomic E-state index is 10.2. The molecular weight excluding hydrogens is 360 g/mol. The van der Waals surface area contributed by atoms with Crippen LogP contribution in [0.2, 0.25) is 5.02 Å². The highest BCUT2D eigenvalue weighted by Gasteiger charge is 2.41. The lowest BCUT2D eigenvalue weighted by Gasteiger charge is -2.26. The number of rotatable bonds is 4. The van der Waals surface area contributed by atoms with Crippen molar-refractivity contribution in [2.45, 2.75) is 30.5 Å². The minimum absolute atomic E-state index is 0.114. The quantitative estimate of drug-likeness (QED) is 0.636. The highest BCUT2D eigenvalue weighted by molar-refractivity contribution is 6.32. The van der Waals surface area contributed by atoms with Crippen molar-refractivity contribution >= 4 is 11.6 Å². The highest BCUT2D eigenvalue weighted by Crippen LogP contribution is 2.32. The van der Waals surface area contributed by atoms with Crippen molar-refractivity contribution in [1.29, 1.82) is 0 Å². The van der Waals surface area contributed by atoms with Gasteiger partial charge in [-0.15, -0.1) is 0 Å². The SMILES string of the molecule is OC[C@H]1OC[C@H](Oc2ccc(-c3ccccc3)cc2Cl)[C@@H](O)[C@@H](O)[C@@H]1O. The second-order valence-corrected chi connectivity index (χ2v) is 6.60. The van der Waals surface area contributed by atoms with Crippen LogP contribution in [0.5, 0.6) is 5.75 Å². The van der Waals surface area contributed by atoms with Gasteiger partial charge in [0.1, 0.15) is 30.2 Å². The molecule has 7 heteroatoms. The Morgan fingerprint density at radius 3 is 2.35 bits per heavy atom. The summed E-state index contributed by atoms with van der Waals surface area (Å²) in [5.41, 5.74) is 1.92. The van der Waals surface area contributed by atoms with E-state index >= 15 is 0 Å². The van der Waals surface area contributed by atoms with Gasteiger partial charge in [-0.3, -0.25) is 0 Å². The molecule has 0 amide bonds. The Labute approximate surface area is 156 Å². The van der Waals surface area contributed by atoms with Gasteiger partial charge in [0.05, 0.1) is 18.2 Å². The lowest BCUT2D eigenvalue weighted by molar-refractivity contribution is -0.108. The first kappa shape index (κ1) is 19.1. The first-order chi connectivity index (χ1) is 12.5. The van der Waals surface area contributed by atoms with Crippen LogP contribution in [0, 0.1) is 0 Å². The minimum atomic E-state index is -1.51. The third-order valence-electron chi connectivity index (χ3n) is 4.43. The number of aliphatic hydroxyl groups is 4. The Kier molecular flexibility index (Phi) is 6.13. The van der Waals surface area contributed by atoms with Gasteiger partial charge in [0, 0.05) is 0 Å². The fourth-order valence-electron chi connectivity index (χ4n) is 2.89. The first-order valence-electron chi connectivity index (χ1n) is 8.29. The molecule has 140 valence electrons. The predicted molar refractivity (Wildman–Crippen MR) is 96.2 cm³/mol. The van der Waals surface area contributed by atoms with Crippen LogP contribution in [0.4, 0.5) is 0 Å². The van der Waals surface area contributed by atoms with Crippen molar-refractivity contribution in [3.05, 3.63) is 53.6 Å². The fourth-order valence-corrected chi connectivity index (χ4v) is 3.12. The van der Waals surface area contributed by atoms with Gasteiger partial charge in [0.25, 0.3) is 0 Å². The summed E-state index contributed by atoms with van der Waals surface area (Å²) in [6.07, 6.45) is -6.27. The average Bonchev–Trinajstić information content (AvgIpc) is 2.76. The molecule has 0 aliphatic carbocycles. The second-order valence-electron chi connectivity index (χ2n) is 6.19. The predicted octanol–water partition coefficient (Wildman–Crippen LogP) is 1.23. The summed E-state index contributed by atoms with van der Waals surface area (Å²) in [6, 6.07) is 15.0. The third-order valence-corrected chi connectivity index (χ3v) is 4.73. The molecule has 0 bridgehead atoms. The van der Waals surface area contributed by atoms with E-state index in [1.54, 1.807) is 12.1 Å². The van der Waals surface area contributed by atoms with Crippen molar-refractivity contribution < 1.29 is 29.9 Å². The molecule has 26 heavy (non-hydrogen) atoms. The molecule has 5 atom stereocenters. The van der Waals surface area contributed by atoms with Gasteiger partial charge in [0.15, 0.2) is 6.10 Å². The van der Waals surface area contributed by atoms with Crippen LogP contribution >= 0.6 is 11.6 Å². The van der Waals surface area contributed by atoms with Gasteiger partial charge >= 0.3 is 0 Å². The van der Waals surface area contributed by atoms with E-state index in [2.05, 4.69) is 0 Å². The smallest absolute Gasteiger partial charge is 0.150 e. The standard InChI is InChI=1S/C19H21ClO6/c20-13-8-12(11-4-2-1-3-5-11)6-7-14(13)26-16-10-25-15(9-21)17(22)19(24)18(16)23/h1-8,15-19,21-24H,9-10H2/t15-,16+,17-,18-,19+/m1/s1. The van der Waals surface area contributed by atoms with Gasteiger partial charge in [-0.05, 0) is 23.3 Å². The van der Waals surface area contributed by atoms with Crippen LogP contribution < -0.4 is 4.74 Å². The minimum Gasteiger partial charge on any atom is -0.484 e. The molecule has 0 unspecified atom stereocenters. The lowest BCUT2D eigenvalue weighted by atomic mass is 10.0. The van der Waals surface area contributed by atoms with E-state index in [1.165, 1.54) is 0 Å². The van der Waals surface area contributed by atoms with Gasteiger partial charge < -0.3 is 29.9 Å². The lowest BCUT2D eigenvalue weighted by Crippen LogP contribution is -2.48. The van der Waals surface area contributed by atoms with Crippen molar-refractivity contribution in [1.82, 2.24) is 0 Å². The van der Waals surface area contributed by atoms with Gasteiger partial charge in [-0.1, -0.05) is 48.0 Å². The number of ether oxygens (including phenoxy) is 2. The average molecular weight is 381 g/mol. The number of hydrogen-bond donors (Lipinski definition) is 4. The largest absolute Gasteiger partial charge is 0.484 e. The van der Waals surface area contributed by atoms with Crippen molar-refractivity contribution in [2.24, 2.45) is 0 Å². The zero-order valence-corrected chi connectivity index (χ0v) is 14.7. The number of hydrogen-bond acceptors (Lipinski definition) is 6. The van der Waals surface area contributed by atoms with Crippen LogP contribution in [0.1, 0.15) is 0 Å². The van der Waals surface area contributed by atoms with Crippen molar-refractivity contribution in [3.63, 3.8) is 0 Å². The summed E-state index contributed by atoms with van der Waals surface area (Å²) in [5, 5.41) is 39.7.